The van der Waals surface area contributed by atoms with E-state index in [9.17, 15) is 5.11 Å². The minimum absolute atomic E-state index is 0.270. The Labute approximate surface area is 203 Å². The van der Waals surface area contributed by atoms with Crippen LogP contribution in [-0.4, -0.2) is 52.2 Å². The van der Waals surface area contributed by atoms with Crippen molar-refractivity contribution in [3.63, 3.8) is 0 Å². The lowest BCUT2D eigenvalue weighted by Crippen LogP contribution is -2.37. The fraction of sp³-hybridized carbons (Fsp3) is 0.393. The fourth-order valence-corrected chi connectivity index (χ4v) is 3.95. The predicted octanol–water partition coefficient (Wildman–Crippen LogP) is 5.21. The zero-order valence-corrected chi connectivity index (χ0v) is 20.8. The molecule has 6 heteroatoms. The minimum atomic E-state index is -0.600. The molecule has 2 aromatic carbocycles. The van der Waals surface area contributed by atoms with Crippen molar-refractivity contribution in [3.05, 3.63) is 78.4 Å². The van der Waals surface area contributed by atoms with E-state index in [1.165, 1.54) is 5.56 Å². The molecule has 6 nitrogen and oxygen atoms in total. The van der Waals surface area contributed by atoms with Crippen molar-refractivity contribution in [2.24, 2.45) is 13.0 Å². The van der Waals surface area contributed by atoms with Crippen molar-refractivity contribution in [1.82, 2.24) is 14.7 Å². The summed E-state index contributed by atoms with van der Waals surface area (Å²) in [7, 11) is 1.91. The number of hydrogen-bond donors (Lipinski definition) is 1. The van der Waals surface area contributed by atoms with E-state index in [-0.39, 0.29) is 6.61 Å². The topological polar surface area (TPSA) is 59.8 Å². The molecule has 0 radical (unpaired) electrons. The molecular formula is C28H37N3O3. The van der Waals surface area contributed by atoms with E-state index in [1.54, 1.807) is 10.8 Å². The summed E-state index contributed by atoms with van der Waals surface area (Å²) in [4.78, 5) is 2.25. The standard InChI is InChI=1S/C28H37N3O3/c1-6-16-33-20-24(32)18-31(17-21(2)3)19-26-27(23-10-8-7-9-11-23)29-30(5)28(26)34-25-14-12-22(4)13-15-25/h6-15,21,24,32H,1,16-20H2,2-5H3. The van der Waals surface area contributed by atoms with E-state index in [0.29, 0.717) is 31.5 Å². The molecule has 0 saturated carbocycles. The third kappa shape index (κ3) is 7.29. The molecule has 1 atom stereocenters. The van der Waals surface area contributed by atoms with Crippen molar-refractivity contribution in [3.8, 4) is 22.9 Å². The molecule has 3 aromatic rings. The Bertz CT molecular complexity index is 1030. The maximum Gasteiger partial charge on any atom is 0.222 e. The Morgan fingerprint density at radius 1 is 1.09 bits per heavy atom. The van der Waals surface area contributed by atoms with Crippen molar-refractivity contribution < 1.29 is 14.6 Å². The summed E-state index contributed by atoms with van der Waals surface area (Å²) in [6.45, 7) is 12.7. The number of aliphatic hydroxyl groups excluding tert-OH is 1. The van der Waals surface area contributed by atoms with Crippen LogP contribution in [-0.2, 0) is 18.3 Å². The number of benzene rings is 2. The summed E-state index contributed by atoms with van der Waals surface area (Å²) in [5.74, 6) is 1.90. The maximum atomic E-state index is 10.6. The zero-order valence-electron chi connectivity index (χ0n) is 20.8. The molecule has 0 amide bonds. The van der Waals surface area contributed by atoms with Crippen molar-refractivity contribution in [1.29, 1.82) is 0 Å². The first-order chi connectivity index (χ1) is 16.4. The first-order valence-electron chi connectivity index (χ1n) is 11.8. The number of aliphatic hydroxyl groups is 1. The third-order valence-electron chi connectivity index (χ3n) is 5.39. The van der Waals surface area contributed by atoms with Gasteiger partial charge in [-0.3, -0.25) is 4.90 Å². The normalized spacial score (nSPS) is 12.3. The van der Waals surface area contributed by atoms with Crippen LogP contribution in [0.5, 0.6) is 11.6 Å². The van der Waals surface area contributed by atoms with Gasteiger partial charge in [0.1, 0.15) is 11.4 Å². The summed E-state index contributed by atoms with van der Waals surface area (Å²) in [5, 5.41) is 15.4. The van der Waals surface area contributed by atoms with Crippen LogP contribution in [0.15, 0.2) is 67.3 Å². The molecule has 0 bridgehead atoms. The van der Waals surface area contributed by atoms with Gasteiger partial charge in [0.2, 0.25) is 5.88 Å². The molecular weight excluding hydrogens is 426 g/mol. The molecule has 1 aromatic heterocycles. The molecule has 0 fully saturated rings. The Hall–Kier alpha value is -2.93. The van der Waals surface area contributed by atoms with Crippen LogP contribution in [0.3, 0.4) is 0 Å². The van der Waals surface area contributed by atoms with Crippen LogP contribution in [0.25, 0.3) is 11.3 Å². The number of hydrogen-bond acceptors (Lipinski definition) is 5. The van der Waals surface area contributed by atoms with Gasteiger partial charge in [0, 0.05) is 32.2 Å². The lowest BCUT2D eigenvalue weighted by molar-refractivity contribution is 0.0222. The van der Waals surface area contributed by atoms with Gasteiger partial charge in [0.15, 0.2) is 0 Å². The zero-order chi connectivity index (χ0) is 24.5. The van der Waals surface area contributed by atoms with Crippen LogP contribution >= 0.6 is 0 Å². The molecule has 1 heterocycles. The van der Waals surface area contributed by atoms with E-state index in [0.717, 1.165) is 29.1 Å². The highest BCUT2D eigenvalue weighted by Crippen LogP contribution is 2.34. The minimum Gasteiger partial charge on any atom is -0.439 e. The quantitative estimate of drug-likeness (QED) is 0.279. The summed E-state index contributed by atoms with van der Waals surface area (Å²) >= 11 is 0. The van der Waals surface area contributed by atoms with Crippen molar-refractivity contribution in [2.45, 2.75) is 33.4 Å². The molecule has 1 N–H and O–H groups in total. The number of aryl methyl sites for hydroxylation is 2. The third-order valence-corrected chi connectivity index (χ3v) is 5.39. The highest BCUT2D eigenvalue weighted by Gasteiger charge is 2.24. The summed E-state index contributed by atoms with van der Waals surface area (Å²) < 4.78 is 13.6. The highest BCUT2D eigenvalue weighted by molar-refractivity contribution is 5.65. The second-order valence-electron chi connectivity index (χ2n) is 9.10. The Balaban J connectivity index is 1.94. The molecule has 0 aliphatic heterocycles. The van der Waals surface area contributed by atoms with Gasteiger partial charge in [-0.25, -0.2) is 4.68 Å². The first-order valence-corrected chi connectivity index (χ1v) is 11.8. The van der Waals surface area contributed by atoms with E-state index in [2.05, 4.69) is 44.4 Å². The van der Waals surface area contributed by atoms with Gasteiger partial charge >= 0.3 is 0 Å². The molecule has 0 aliphatic carbocycles. The first kappa shape index (κ1) is 25.7. The molecule has 34 heavy (non-hydrogen) atoms. The lowest BCUT2D eigenvalue weighted by Gasteiger charge is -2.27. The second-order valence-corrected chi connectivity index (χ2v) is 9.10. The largest absolute Gasteiger partial charge is 0.439 e. The van der Waals surface area contributed by atoms with Crippen LogP contribution in [0, 0.1) is 12.8 Å². The van der Waals surface area contributed by atoms with Crippen LogP contribution in [0.2, 0.25) is 0 Å². The van der Waals surface area contributed by atoms with E-state index in [1.807, 2.05) is 49.5 Å². The number of nitrogens with zero attached hydrogens (tertiary/aromatic N) is 3. The van der Waals surface area contributed by atoms with Gasteiger partial charge in [0.25, 0.3) is 0 Å². The number of aromatic nitrogens is 2. The van der Waals surface area contributed by atoms with Crippen LogP contribution < -0.4 is 4.74 Å². The monoisotopic (exact) mass is 463 g/mol. The Morgan fingerprint density at radius 3 is 2.44 bits per heavy atom. The predicted molar refractivity (Wildman–Crippen MR) is 137 cm³/mol. The smallest absolute Gasteiger partial charge is 0.222 e. The molecule has 3 rings (SSSR count). The van der Waals surface area contributed by atoms with Gasteiger partial charge in [-0.05, 0) is 25.0 Å². The summed E-state index contributed by atoms with van der Waals surface area (Å²) in [6.07, 6.45) is 1.09. The van der Waals surface area contributed by atoms with E-state index < -0.39 is 6.10 Å². The van der Waals surface area contributed by atoms with Crippen molar-refractivity contribution in [2.75, 3.05) is 26.3 Å². The molecule has 182 valence electrons. The molecule has 0 saturated heterocycles. The number of ether oxygens (including phenoxy) is 2. The van der Waals surface area contributed by atoms with Gasteiger partial charge in [-0.15, -0.1) is 6.58 Å². The van der Waals surface area contributed by atoms with Gasteiger partial charge in [-0.1, -0.05) is 68.0 Å². The maximum absolute atomic E-state index is 10.6. The average Bonchev–Trinajstić information content (AvgIpc) is 3.10. The Kier molecular flexibility index (Phi) is 9.45. The van der Waals surface area contributed by atoms with E-state index >= 15 is 0 Å². The van der Waals surface area contributed by atoms with Gasteiger partial charge in [-0.2, -0.15) is 5.10 Å². The highest BCUT2D eigenvalue weighted by atomic mass is 16.5. The summed E-state index contributed by atoms with van der Waals surface area (Å²) in [6, 6.07) is 18.2. The second kappa shape index (κ2) is 12.5. The van der Waals surface area contributed by atoms with Gasteiger partial charge in [0.05, 0.1) is 24.9 Å². The van der Waals surface area contributed by atoms with Crippen LogP contribution in [0.1, 0.15) is 25.0 Å². The molecule has 0 spiro atoms. The summed E-state index contributed by atoms with van der Waals surface area (Å²) in [5.41, 5.74) is 4.09. The van der Waals surface area contributed by atoms with Gasteiger partial charge < -0.3 is 14.6 Å². The van der Waals surface area contributed by atoms with Crippen molar-refractivity contribution >= 4 is 0 Å². The molecule has 1 unspecified atom stereocenters. The van der Waals surface area contributed by atoms with E-state index in [4.69, 9.17) is 14.6 Å². The van der Waals surface area contributed by atoms with Crippen LogP contribution in [0.4, 0.5) is 0 Å². The fourth-order valence-electron chi connectivity index (χ4n) is 3.95. The lowest BCUT2D eigenvalue weighted by atomic mass is 10.1. The number of rotatable bonds is 13. The molecule has 0 aliphatic rings. The average molecular weight is 464 g/mol. The Morgan fingerprint density at radius 2 is 1.79 bits per heavy atom. The SMILES string of the molecule is C=CCOCC(O)CN(Cc1c(-c2ccccc2)nn(C)c1Oc1ccc(C)cc1)CC(C)C.